The van der Waals surface area contributed by atoms with Crippen LogP contribution in [0.25, 0.3) is 11.0 Å². The summed E-state index contributed by atoms with van der Waals surface area (Å²) >= 11 is 12.3. The zero-order valence-corrected chi connectivity index (χ0v) is 16.9. The van der Waals surface area contributed by atoms with E-state index in [1.807, 2.05) is 12.1 Å². The third-order valence-electron chi connectivity index (χ3n) is 4.72. The van der Waals surface area contributed by atoms with Gasteiger partial charge in [-0.25, -0.2) is 4.98 Å². The average Bonchev–Trinajstić information content (AvgIpc) is 3.14. The largest absolute Gasteiger partial charge is 0.345 e. The number of carbonyl (C=O) groups is 2. The van der Waals surface area contributed by atoms with E-state index in [1.165, 1.54) is 6.07 Å². The first-order valence-corrected chi connectivity index (χ1v) is 9.93. The first kappa shape index (κ1) is 19.5. The zero-order chi connectivity index (χ0) is 20.4. The standard InChI is InChI=1S/C21H18Cl2N4O2/c22-14-5-7-17-18(11-14)26-19(25-17)12-24-20(28)13-4-6-15(16(23)10-13)21(29)27-8-2-1-3-9-27/h1-2,4-7,10-11H,3,8-9,12H2,(H,24,28)(H,25,26). The highest BCUT2D eigenvalue weighted by Gasteiger charge is 2.20. The van der Waals surface area contributed by atoms with Crippen molar-refractivity contribution in [2.24, 2.45) is 0 Å². The Bertz CT molecular complexity index is 1120. The minimum Gasteiger partial charge on any atom is -0.345 e. The van der Waals surface area contributed by atoms with Crippen LogP contribution in [0, 0.1) is 0 Å². The van der Waals surface area contributed by atoms with Gasteiger partial charge in [0, 0.05) is 23.7 Å². The monoisotopic (exact) mass is 428 g/mol. The van der Waals surface area contributed by atoms with Crippen molar-refractivity contribution in [2.75, 3.05) is 13.1 Å². The van der Waals surface area contributed by atoms with Crippen molar-refractivity contribution in [3.63, 3.8) is 0 Å². The number of aromatic nitrogens is 2. The van der Waals surface area contributed by atoms with Gasteiger partial charge in [0.15, 0.2) is 0 Å². The van der Waals surface area contributed by atoms with Gasteiger partial charge in [0.05, 0.1) is 28.2 Å². The van der Waals surface area contributed by atoms with Crippen molar-refractivity contribution in [2.45, 2.75) is 13.0 Å². The summed E-state index contributed by atoms with van der Waals surface area (Å²) in [6.07, 6.45) is 4.84. The summed E-state index contributed by atoms with van der Waals surface area (Å²) in [6, 6.07) is 10.1. The summed E-state index contributed by atoms with van der Waals surface area (Å²) in [5.41, 5.74) is 2.36. The fourth-order valence-corrected chi connectivity index (χ4v) is 3.64. The molecule has 2 amide bonds. The lowest BCUT2D eigenvalue weighted by molar-refractivity contribution is 0.0770. The molecule has 6 nitrogen and oxygen atoms in total. The second-order valence-corrected chi connectivity index (χ2v) is 7.58. The summed E-state index contributed by atoms with van der Waals surface area (Å²) in [5.74, 6) is 0.184. The fraction of sp³-hybridized carbons (Fsp3) is 0.190. The molecule has 2 aromatic carbocycles. The van der Waals surface area contributed by atoms with Crippen LogP contribution in [0.1, 0.15) is 33.0 Å². The molecule has 0 atom stereocenters. The quantitative estimate of drug-likeness (QED) is 0.611. The molecule has 8 heteroatoms. The van der Waals surface area contributed by atoms with Crippen LogP contribution in [0.5, 0.6) is 0 Å². The lowest BCUT2D eigenvalue weighted by atomic mass is 10.1. The Morgan fingerprint density at radius 1 is 1.14 bits per heavy atom. The topological polar surface area (TPSA) is 78.1 Å². The molecule has 1 aliphatic heterocycles. The van der Waals surface area contributed by atoms with Crippen molar-refractivity contribution < 1.29 is 9.59 Å². The molecule has 0 spiro atoms. The molecule has 0 bridgehead atoms. The van der Waals surface area contributed by atoms with E-state index in [0.29, 0.717) is 35.1 Å². The molecule has 1 aliphatic rings. The summed E-state index contributed by atoms with van der Waals surface area (Å²) < 4.78 is 0. The molecule has 0 unspecified atom stereocenters. The molecule has 0 saturated heterocycles. The molecular weight excluding hydrogens is 411 g/mol. The SMILES string of the molecule is O=C(NCc1nc2cc(Cl)ccc2[nH]1)c1ccc(C(=O)N2CC=CCC2)c(Cl)c1. The van der Waals surface area contributed by atoms with Gasteiger partial charge in [0.25, 0.3) is 11.8 Å². The van der Waals surface area contributed by atoms with Crippen LogP contribution in [-0.4, -0.2) is 39.8 Å². The molecule has 0 fully saturated rings. The Hall–Kier alpha value is -2.83. The summed E-state index contributed by atoms with van der Waals surface area (Å²) in [4.78, 5) is 34.4. The first-order chi connectivity index (χ1) is 14.0. The molecule has 148 valence electrons. The fourth-order valence-electron chi connectivity index (χ4n) is 3.21. The third-order valence-corrected chi connectivity index (χ3v) is 5.27. The van der Waals surface area contributed by atoms with Gasteiger partial charge in [-0.05, 0) is 42.8 Å². The number of nitrogens with zero attached hydrogens (tertiary/aromatic N) is 2. The lowest BCUT2D eigenvalue weighted by Gasteiger charge is -2.23. The van der Waals surface area contributed by atoms with Gasteiger partial charge in [0.1, 0.15) is 5.82 Å². The predicted molar refractivity (Wildman–Crippen MR) is 113 cm³/mol. The molecule has 0 radical (unpaired) electrons. The minimum absolute atomic E-state index is 0.132. The third kappa shape index (κ3) is 4.28. The Morgan fingerprint density at radius 2 is 2.00 bits per heavy atom. The normalized spacial score (nSPS) is 13.7. The van der Waals surface area contributed by atoms with E-state index in [4.69, 9.17) is 23.2 Å². The number of carbonyl (C=O) groups excluding carboxylic acids is 2. The number of imidazole rings is 1. The van der Waals surface area contributed by atoms with Gasteiger partial charge in [0.2, 0.25) is 0 Å². The van der Waals surface area contributed by atoms with Crippen LogP contribution >= 0.6 is 23.2 Å². The number of fused-ring (bicyclic) bond motifs is 1. The molecule has 2 N–H and O–H groups in total. The molecule has 29 heavy (non-hydrogen) atoms. The Labute approximate surface area is 177 Å². The van der Waals surface area contributed by atoms with Crippen LogP contribution in [-0.2, 0) is 6.54 Å². The van der Waals surface area contributed by atoms with Gasteiger partial charge < -0.3 is 15.2 Å². The van der Waals surface area contributed by atoms with Crippen molar-refractivity contribution in [1.29, 1.82) is 0 Å². The minimum atomic E-state index is -0.301. The van der Waals surface area contributed by atoms with E-state index in [1.54, 1.807) is 29.2 Å². The number of halogens is 2. The van der Waals surface area contributed by atoms with Gasteiger partial charge >= 0.3 is 0 Å². The predicted octanol–water partition coefficient (Wildman–Crippen LogP) is 4.20. The highest BCUT2D eigenvalue weighted by atomic mass is 35.5. The maximum absolute atomic E-state index is 12.6. The number of nitrogens with one attached hydrogen (secondary N) is 2. The summed E-state index contributed by atoms with van der Waals surface area (Å²) in [7, 11) is 0. The molecule has 0 saturated carbocycles. The second-order valence-electron chi connectivity index (χ2n) is 6.73. The molecular formula is C21H18Cl2N4O2. The Balaban J connectivity index is 1.43. The number of hydrogen-bond donors (Lipinski definition) is 2. The van der Waals surface area contributed by atoms with Crippen molar-refractivity contribution >= 4 is 46.0 Å². The van der Waals surface area contributed by atoms with Crippen molar-refractivity contribution in [1.82, 2.24) is 20.2 Å². The van der Waals surface area contributed by atoms with Crippen LogP contribution < -0.4 is 5.32 Å². The van der Waals surface area contributed by atoms with Crippen LogP contribution in [0.2, 0.25) is 10.0 Å². The summed E-state index contributed by atoms with van der Waals surface area (Å²) in [6.45, 7) is 1.46. The number of benzene rings is 2. The van der Waals surface area contributed by atoms with E-state index in [0.717, 1.165) is 17.5 Å². The maximum atomic E-state index is 12.6. The van der Waals surface area contributed by atoms with Crippen LogP contribution in [0.15, 0.2) is 48.6 Å². The molecule has 1 aromatic heterocycles. The maximum Gasteiger partial charge on any atom is 0.255 e. The van der Waals surface area contributed by atoms with Crippen LogP contribution in [0.4, 0.5) is 0 Å². The molecule has 3 aromatic rings. The second kappa shape index (κ2) is 8.27. The van der Waals surface area contributed by atoms with Gasteiger partial charge in [-0.2, -0.15) is 0 Å². The lowest BCUT2D eigenvalue weighted by Crippen LogP contribution is -2.34. The number of hydrogen-bond acceptors (Lipinski definition) is 3. The van der Waals surface area contributed by atoms with E-state index < -0.39 is 0 Å². The number of aromatic amines is 1. The van der Waals surface area contributed by atoms with Crippen LogP contribution in [0.3, 0.4) is 0 Å². The van der Waals surface area contributed by atoms with Gasteiger partial charge in [-0.15, -0.1) is 0 Å². The smallest absolute Gasteiger partial charge is 0.255 e. The molecule has 2 heterocycles. The number of rotatable bonds is 4. The summed E-state index contributed by atoms with van der Waals surface area (Å²) in [5, 5.41) is 3.66. The Kier molecular flexibility index (Phi) is 5.56. The number of H-pyrrole nitrogens is 1. The molecule has 0 aliphatic carbocycles. The van der Waals surface area contributed by atoms with E-state index in [2.05, 4.69) is 21.4 Å². The molecule has 4 rings (SSSR count). The van der Waals surface area contributed by atoms with E-state index in [-0.39, 0.29) is 23.4 Å². The van der Waals surface area contributed by atoms with E-state index in [9.17, 15) is 9.59 Å². The average molecular weight is 429 g/mol. The van der Waals surface area contributed by atoms with Crippen molar-refractivity contribution in [3.8, 4) is 0 Å². The highest BCUT2D eigenvalue weighted by molar-refractivity contribution is 6.34. The highest BCUT2D eigenvalue weighted by Crippen LogP contribution is 2.21. The van der Waals surface area contributed by atoms with Gasteiger partial charge in [-0.3, -0.25) is 9.59 Å². The van der Waals surface area contributed by atoms with Crippen molar-refractivity contribution in [3.05, 3.63) is 75.5 Å². The first-order valence-electron chi connectivity index (χ1n) is 9.17. The van der Waals surface area contributed by atoms with E-state index >= 15 is 0 Å². The number of amides is 2. The zero-order valence-electron chi connectivity index (χ0n) is 15.4. The Morgan fingerprint density at radius 3 is 2.76 bits per heavy atom. The van der Waals surface area contributed by atoms with Gasteiger partial charge in [-0.1, -0.05) is 35.4 Å².